The molecule has 0 amide bonds. The van der Waals surface area contributed by atoms with Crippen LogP contribution >= 0.6 is 24.8 Å². The molecule has 1 unspecified atom stereocenters. The average molecular weight is 298 g/mol. The van der Waals surface area contributed by atoms with E-state index in [1.165, 1.54) is 7.11 Å². The molecule has 0 spiro atoms. The van der Waals surface area contributed by atoms with E-state index in [4.69, 9.17) is 11.5 Å². The zero-order valence-corrected chi connectivity index (χ0v) is 12.5. The second kappa shape index (κ2) is 11.1. The van der Waals surface area contributed by atoms with Crippen molar-refractivity contribution >= 4 is 36.6 Å². The molecule has 0 aromatic carbocycles. The number of rotatable bonds is 4. The molecule has 7 heteroatoms. The van der Waals surface area contributed by atoms with Crippen LogP contribution in [0, 0.1) is 11.8 Å². The maximum Gasteiger partial charge on any atom is 0.325 e. The van der Waals surface area contributed by atoms with Crippen LogP contribution < -0.4 is 11.5 Å². The number of aliphatic imine (C=N–C) groups is 1. The van der Waals surface area contributed by atoms with Crippen LogP contribution in [-0.4, -0.2) is 31.0 Å². The Balaban J connectivity index is -0.00000112. The van der Waals surface area contributed by atoms with Crippen molar-refractivity contribution in [1.29, 1.82) is 0 Å². The molecule has 0 saturated heterocycles. The molecule has 0 heterocycles. The summed E-state index contributed by atoms with van der Waals surface area (Å²) in [6.07, 6.45) is 0.985. The van der Waals surface area contributed by atoms with E-state index in [-0.39, 0.29) is 24.8 Å². The molecule has 0 aromatic heterocycles. The lowest BCUT2D eigenvalue weighted by molar-refractivity contribution is -0.146. The van der Waals surface area contributed by atoms with Crippen molar-refractivity contribution in [3.05, 3.63) is 0 Å². The first-order chi connectivity index (χ1) is 7.40. The third-order valence-corrected chi connectivity index (χ3v) is 1.95. The molecule has 106 valence electrons. The molecule has 0 aliphatic carbocycles. The van der Waals surface area contributed by atoms with E-state index < -0.39 is 11.5 Å². The smallest absolute Gasteiger partial charge is 0.325 e. The van der Waals surface area contributed by atoms with Crippen LogP contribution in [0.2, 0.25) is 0 Å². The van der Waals surface area contributed by atoms with E-state index in [9.17, 15) is 4.79 Å². The van der Waals surface area contributed by atoms with Gasteiger partial charge in [0.05, 0.1) is 12.9 Å². The third kappa shape index (κ3) is 10.2. The molecule has 0 aliphatic rings. The molecule has 0 aromatic rings. The normalized spacial score (nSPS) is 13.0. The van der Waals surface area contributed by atoms with Gasteiger partial charge < -0.3 is 16.2 Å². The Hall–Kier alpha value is -0.960. The van der Waals surface area contributed by atoms with Gasteiger partial charge >= 0.3 is 5.97 Å². The van der Waals surface area contributed by atoms with Gasteiger partial charge in [0.1, 0.15) is 12.1 Å². The van der Waals surface area contributed by atoms with E-state index in [1.54, 1.807) is 13.8 Å². The van der Waals surface area contributed by atoms with E-state index in [0.29, 0.717) is 25.2 Å². The van der Waals surface area contributed by atoms with Crippen molar-refractivity contribution in [2.45, 2.75) is 32.2 Å². The minimum absolute atomic E-state index is 0. The summed E-state index contributed by atoms with van der Waals surface area (Å²) in [5.41, 5.74) is 10.1. The molecule has 0 saturated carbocycles. The molecule has 0 fully saturated rings. The van der Waals surface area contributed by atoms with E-state index in [2.05, 4.69) is 21.6 Å². The standard InChI is InChI=1S/C11H19N3O2.2ClH/c1-9(12)14-8-6-4-5-7-11(2,13)10(15)16-3;;/h5,7-8,13H2,1-3H3,(H2,12,14);2*1H. The maximum atomic E-state index is 11.2. The first kappa shape index (κ1) is 22.2. The number of hydrogen-bond donors (Lipinski definition) is 2. The fraction of sp³-hybridized carbons (Fsp3) is 0.636. The summed E-state index contributed by atoms with van der Waals surface area (Å²) >= 11 is 0. The van der Waals surface area contributed by atoms with Crippen LogP contribution in [0.1, 0.15) is 26.7 Å². The van der Waals surface area contributed by atoms with E-state index in [1.807, 2.05) is 0 Å². The van der Waals surface area contributed by atoms with Crippen molar-refractivity contribution in [3.63, 3.8) is 0 Å². The average Bonchev–Trinajstić information content (AvgIpc) is 2.21. The number of carbonyl (C=O) groups excluding carboxylic acids is 1. The number of carbonyl (C=O) groups is 1. The summed E-state index contributed by atoms with van der Waals surface area (Å²) in [5.74, 6) is 5.78. The van der Waals surface area contributed by atoms with Gasteiger partial charge in [0.15, 0.2) is 0 Å². The predicted molar refractivity (Wildman–Crippen MR) is 78.3 cm³/mol. The van der Waals surface area contributed by atoms with Gasteiger partial charge in [-0.3, -0.25) is 9.79 Å². The summed E-state index contributed by atoms with van der Waals surface area (Å²) in [7, 11) is 1.32. The lowest BCUT2D eigenvalue weighted by Crippen LogP contribution is -2.45. The molecule has 4 N–H and O–H groups in total. The summed E-state index contributed by atoms with van der Waals surface area (Å²) in [6.45, 7) is 3.71. The molecular weight excluding hydrogens is 277 g/mol. The molecule has 1 atom stereocenters. The van der Waals surface area contributed by atoms with Crippen molar-refractivity contribution < 1.29 is 9.53 Å². The second-order valence-electron chi connectivity index (χ2n) is 3.72. The topological polar surface area (TPSA) is 90.7 Å². The van der Waals surface area contributed by atoms with Gasteiger partial charge in [-0.15, -0.1) is 30.7 Å². The van der Waals surface area contributed by atoms with Gasteiger partial charge in [-0.05, 0) is 20.3 Å². The second-order valence-corrected chi connectivity index (χ2v) is 3.72. The Labute approximate surface area is 121 Å². The Morgan fingerprint density at radius 2 is 1.94 bits per heavy atom. The van der Waals surface area contributed by atoms with Crippen LogP contribution in [0.5, 0.6) is 0 Å². The first-order valence-corrected chi connectivity index (χ1v) is 4.99. The van der Waals surface area contributed by atoms with Crippen molar-refractivity contribution in [3.8, 4) is 11.8 Å². The quantitative estimate of drug-likeness (QED) is 0.349. The number of nitrogens with two attached hydrogens (primary N) is 2. The van der Waals surface area contributed by atoms with Crippen LogP contribution in [-0.2, 0) is 9.53 Å². The minimum Gasteiger partial charge on any atom is -0.468 e. The molecule has 18 heavy (non-hydrogen) atoms. The number of hydrogen-bond acceptors (Lipinski definition) is 4. The summed E-state index contributed by atoms with van der Waals surface area (Å²) in [4.78, 5) is 15.1. The van der Waals surface area contributed by atoms with Gasteiger partial charge in [-0.2, -0.15) is 0 Å². The van der Waals surface area contributed by atoms with Gasteiger partial charge in [-0.25, -0.2) is 0 Å². The maximum absolute atomic E-state index is 11.2. The van der Waals surface area contributed by atoms with E-state index >= 15 is 0 Å². The first-order valence-electron chi connectivity index (χ1n) is 4.99. The Morgan fingerprint density at radius 1 is 1.39 bits per heavy atom. The van der Waals surface area contributed by atoms with Gasteiger partial charge in [0.25, 0.3) is 0 Å². The highest BCUT2D eigenvalue weighted by Crippen LogP contribution is 2.09. The van der Waals surface area contributed by atoms with Crippen LogP contribution in [0.15, 0.2) is 4.99 Å². The SMILES string of the molecule is COC(=O)C(C)(N)CCC#CCN=C(C)N.Cl.Cl. The predicted octanol–water partition coefficient (Wildman–Crippen LogP) is 0.881. The largest absolute Gasteiger partial charge is 0.468 e. The van der Waals surface area contributed by atoms with Crippen LogP contribution in [0.3, 0.4) is 0 Å². The number of nitrogens with zero attached hydrogens (tertiary/aromatic N) is 1. The molecular formula is C11H21Cl2N3O2. The van der Waals surface area contributed by atoms with Crippen LogP contribution in [0.4, 0.5) is 0 Å². The number of halogens is 2. The van der Waals surface area contributed by atoms with Gasteiger partial charge in [-0.1, -0.05) is 5.92 Å². The highest BCUT2D eigenvalue weighted by atomic mass is 35.5. The lowest BCUT2D eigenvalue weighted by Gasteiger charge is -2.19. The minimum atomic E-state index is -0.976. The lowest BCUT2D eigenvalue weighted by atomic mass is 9.98. The Morgan fingerprint density at radius 3 is 2.39 bits per heavy atom. The Bertz CT molecular complexity index is 329. The summed E-state index contributed by atoms with van der Waals surface area (Å²) < 4.78 is 4.57. The number of methoxy groups -OCH3 is 1. The summed E-state index contributed by atoms with van der Waals surface area (Å²) in [6, 6.07) is 0. The number of esters is 1. The van der Waals surface area contributed by atoms with Crippen molar-refractivity contribution in [2.75, 3.05) is 13.7 Å². The summed E-state index contributed by atoms with van der Waals surface area (Å²) in [5, 5.41) is 0. The molecule has 0 rings (SSSR count). The number of amidine groups is 1. The molecule has 0 radical (unpaired) electrons. The highest BCUT2D eigenvalue weighted by molar-refractivity contribution is 5.85. The molecule has 5 nitrogen and oxygen atoms in total. The zero-order valence-electron chi connectivity index (χ0n) is 10.9. The fourth-order valence-corrected chi connectivity index (χ4v) is 0.966. The third-order valence-electron chi connectivity index (χ3n) is 1.95. The molecule has 0 bridgehead atoms. The molecule has 0 aliphatic heterocycles. The van der Waals surface area contributed by atoms with Crippen molar-refractivity contribution in [2.24, 2.45) is 16.5 Å². The van der Waals surface area contributed by atoms with E-state index in [0.717, 1.165) is 0 Å². The van der Waals surface area contributed by atoms with Gasteiger partial charge in [0.2, 0.25) is 0 Å². The highest BCUT2D eigenvalue weighted by Gasteiger charge is 2.28. The monoisotopic (exact) mass is 297 g/mol. The Kier molecular flexibility index (Phi) is 13.8. The zero-order chi connectivity index (χ0) is 12.6. The van der Waals surface area contributed by atoms with Crippen molar-refractivity contribution in [1.82, 2.24) is 0 Å². The fourth-order valence-electron chi connectivity index (χ4n) is 0.966. The number of ether oxygens (including phenoxy) is 1. The van der Waals surface area contributed by atoms with Gasteiger partial charge in [0, 0.05) is 6.42 Å². The van der Waals surface area contributed by atoms with Crippen LogP contribution in [0.25, 0.3) is 0 Å².